The minimum absolute atomic E-state index is 0.0105. The maximum atomic E-state index is 13.3. The molecule has 1 aliphatic carbocycles. The van der Waals surface area contributed by atoms with Crippen LogP contribution in [0.5, 0.6) is 5.75 Å². The van der Waals surface area contributed by atoms with Gasteiger partial charge in [0.2, 0.25) is 11.8 Å². The van der Waals surface area contributed by atoms with E-state index in [1.54, 1.807) is 30.3 Å². The van der Waals surface area contributed by atoms with Crippen molar-refractivity contribution in [2.75, 3.05) is 55.6 Å². The molecule has 3 aromatic rings. The van der Waals surface area contributed by atoms with Crippen LogP contribution in [-0.2, 0) is 9.59 Å². The number of hydrogen-bond donors (Lipinski definition) is 2. The van der Waals surface area contributed by atoms with Crippen molar-refractivity contribution in [2.24, 2.45) is 5.92 Å². The first kappa shape index (κ1) is 36.5. The molecule has 1 atom stereocenters. The summed E-state index contributed by atoms with van der Waals surface area (Å²) in [5.74, 6) is -0.877. The summed E-state index contributed by atoms with van der Waals surface area (Å²) < 4.78 is 5.95. The second-order valence-corrected chi connectivity index (χ2v) is 15.5. The smallest absolute Gasteiger partial charge is 0.262 e. The third-order valence-electron chi connectivity index (χ3n) is 11.6. The van der Waals surface area contributed by atoms with Gasteiger partial charge in [0.25, 0.3) is 17.7 Å². The van der Waals surface area contributed by atoms with Crippen LogP contribution in [-0.4, -0.2) is 103 Å². The lowest BCUT2D eigenvalue weighted by Crippen LogP contribution is -2.54. The monoisotopic (exact) mass is 763 g/mol. The molecule has 1 unspecified atom stereocenters. The van der Waals surface area contributed by atoms with Crippen molar-refractivity contribution in [1.82, 2.24) is 20.4 Å². The second kappa shape index (κ2) is 15.4. The number of nitriles is 1. The largest absolute Gasteiger partial charge is 0.490 e. The Bertz CT molecular complexity index is 2060. The zero-order chi connectivity index (χ0) is 38.2. The molecule has 14 heteroatoms. The van der Waals surface area contributed by atoms with Crippen molar-refractivity contribution in [1.29, 1.82) is 5.26 Å². The molecule has 55 heavy (non-hydrogen) atoms. The average Bonchev–Trinajstić information content (AvgIpc) is 3.42. The summed E-state index contributed by atoms with van der Waals surface area (Å²) in [6.07, 6.45) is 3.69. The zero-order valence-electron chi connectivity index (χ0n) is 30.3. The van der Waals surface area contributed by atoms with Crippen LogP contribution in [0.3, 0.4) is 0 Å². The molecule has 4 heterocycles. The maximum absolute atomic E-state index is 13.3. The first-order valence-corrected chi connectivity index (χ1v) is 19.4. The Morgan fingerprint density at radius 3 is 2.22 bits per heavy atom. The molecule has 4 aliphatic heterocycles. The highest BCUT2D eigenvalue weighted by Crippen LogP contribution is 2.33. The van der Waals surface area contributed by atoms with Crippen molar-refractivity contribution >= 4 is 52.5 Å². The average molecular weight is 764 g/mol. The van der Waals surface area contributed by atoms with E-state index in [4.69, 9.17) is 21.6 Å². The summed E-state index contributed by atoms with van der Waals surface area (Å²) in [6, 6.07) is 19.3. The van der Waals surface area contributed by atoms with E-state index in [9.17, 15) is 24.0 Å². The fourth-order valence-corrected chi connectivity index (χ4v) is 8.52. The molecule has 5 aliphatic rings. The van der Waals surface area contributed by atoms with E-state index in [0.717, 1.165) is 74.9 Å². The summed E-state index contributed by atoms with van der Waals surface area (Å²) >= 11 is 6.11. The molecule has 5 amide bonds. The summed E-state index contributed by atoms with van der Waals surface area (Å²) in [4.78, 5) is 71.5. The number of ether oxygens (including phenoxy) is 1. The normalized spacial score (nSPS) is 23.2. The molecule has 2 N–H and O–H groups in total. The number of fused-ring (bicyclic) bond motifs is 1. The van der Waals surface area contributed by atoms with Crippen LogP contribution < -0.4 is 25.2 Å². The van der Waals surface area contributed by atoms with Crippen molar-refractivity contribution in [3.8, 4) is 11.8 Å². The number of piperazine rings is 1. The number of carbonyl (C=O) groups is 5. The van der Waals surface area contributed by atoms with Crippen molar-refractivity contribution in [2.45, 2.75) is 56.7 Å². The Labute approximate surface area is 324 Å². The van der Waals surface area contributed by atoms with E-state index in [1.807, 2.05) is 36.4 Å². The van der Waals surface area contributed by atoms with Crippen LogP contribution in [0, 0.1) is 17.2 Å². The Balaban J connectivity index is 0.757. The third-order valence-corrected chi connectivity index (χ3v) is 11.9. The van der Waals surface area contributed by atoms with Crippen molar-refractivity contribution in [3.63, 3.8) is 0 Å². The number of nitrogens with zero attached hydrogens (tertiary/aromatic N) is 5. The Kier molecular flexibility index (Phi) is 10.2. The van der Waals surface area contributed by atoms with Gasteiger partial charge in [0.15, 0.2) is 0 Å². The number of rotatable bonds is 9. The van der Waals surface area contributed by atoms with Gasteiger partial charge in [-0.15, -0.1) is 0 Å². The molecule has 0 bridgehead atoms. The number of anilines is 2. The minimum Gasteiger partial charge on any atom is -0.490 e. The van der Waals surface area contributed by atoms with Gasteiger partial charge in [0.05, 0.1) is 21.7 Å². The number of nitrogens with one attached hydrogen (secondary N) is 2. The Hall–Kier alpha value is -5.45. The predicted octanol–water partition coefficient (Wildman–Crippen LogP) is 3.99. The van der Waals surface area contributed by atoms with E-state index < -0.39 is 29.7 Å². The van der Waals surface area contributed by atoms with Gasteiger partial charge in [0.1, 0.15) is 24.0 Å². The fraction of sp³-hybridized carbons (Fsp3) is 0.415. The lowest BCUT2D eigenvalue weighted by atomic mass is 9.89. The van der Waals surface area contributed by atoms with E-state index in [2.05, 4.69) is 25.3 Å². The molecular weight excluding hydrogens is 722 g/mol. The van der Waals surface area contributed by atoms with Crippen molar-refractivity contribution < 1.29 is 28.7 Å². The summed E-state index contributed by atoms with van der Waals surface area (Å²) in [5.41, 5.74) is 3.66. The first-order chi connectivity index (χ1) is 26.6. The van der Waals surface area contributed by atoms with Gasteiger partial charge in [-0.1, -0.05) is 11.6 Å². The lowest BCUT2D eigenvalue weighted by molar-refractivity contribution is -0.136. The molecule has 0 radical (unpaired) electrons. The third kappa shape index (κ3) is 7.61. The summed E-state index contributed by atoms with van der Waals surface area (Å²) in [7, 11) is 0. The zero-order valence-corrected chi connectivity index (χ0v) is 31.1. The van der Waals surface area contributed by atoms with Crippen LogP contribution in [0.25, 0.3) is 0 Å². The molecule has 4 fully saturated rings. The molecule has 8 rings (SSSR count). The topological polar surface area (TPSA) is 155 Å². The predicted molar refractivity (Wildman–Crippen MR) is 204 cm³/mol. The van der Waals surface area contributed by atoms with Gasteiger partial charge in [-0.2, -0.15) is 5.26 Å². The van der Waals surface area contributed by atoms with E-state index in [-0.39, 0.29) is 30.9 Å². The fourth-order valence-electron chi connectivity index (χ4n) is 8.31. The van der Waals surface area contributed by atoms with Gasteiger partial charge < -0.3 is 19.9 Å². The van der Waals surface area contributed by atoms with Crippen LogP contribution in [0.2, 0.25) is 5.02 Å². The molecule has 1 saturated carbocycles. The molecule has 0 spiro atoms. The Morgan fingerprint density at radius 1 is 0.836 bits per heavy atom. The first-order valence-electron chi connectivity index (χ1n) is 19.0. The maximum Gasteiger partial charge on any atom is 0.262 e. The van der Waals surface area contributed by atoms with Gasteiger partial charge in [-0.3, -0.25) is 39.1 Å². The lowest BCUT2D eigenvalue weighted by Gasteiger charge is -2.40. The number of piperidine rings is 2. The van der Waals surface area contributed by atoms with Gasteiger partial charge in [-0.25, -0.2) is 0 Å². The number of amides is 5. The van der Waals surface area contributed by atoms with E-state index in [1.165, 1.54) is 0 Å². The number of hydrogen-bond acceptors (Lipinski definition) is 10. The molecule has 13 nitrogen and oxygen atoms in total. The van der Waals surface area contributed by atoms with E-state index >= 15 is 0 Å². The summed E-state index contributed by atoms with van der Waals surface area (Å²) in [6.45, 7) is 6.50. The van der Waals surface area contributed by atoms with Crippen molar-refractivity contribution in [3.05, 3.63) is 87.9 Å². The molecular formula is C41H42ClN7O6. The number of imide groups is 2. The second-order valence-electron chi connectivity index (χ2n) is 15.1. The highest BCUT2D eigenvalue weighted by molar-refractivity contribution is 6.31. The highest BCUT2D eigenvalue weighted by atomic mass is 35.5. The highest BCUT2D eigenvalue weighted by Gasteiger charge is 2.45. The number of carbonyl (C=O) groups excluding carboxylic acids is 5. The minimum atomic E-state index is -0.969. The quantitative estimate of drug-likeness (QED) is 0.306. The number of benzene rings is 3. The number of halogens is 1. The van der Waals surface area contributed by atoms with Crippen LogP contribution in [0.1, 0.15) is 75.2 Å². The van der Waals surface area contributed by atoms with Crippen LogP contribution >= 0.6 is 11.6 Å². The van der Waals surface area contributed by atoms with Crippen LogP contribution in [0.4, 0.5) is 11.4 Å². The van der Waals surface area contributed by atoms with Gasteiger partial charge in [-0.05, 0) is 79.8 Å². The summed E-state index contributed by atoms with van der Waals surface area (Å²) in [5, 5.41) is 14.8. The van der Waals surface area contributed by atoms with Crippen LogP contribution in [0.15, 0.2) is 60.7 Å². The molecule has 3 aromatic carbocycles. The molecule has 284 valence electrons. The standard InChI is InChI=1S/C41H42ClN7O6/c42-35-22-31(7-3-27(35)23-43)55-32-19-28(20-32)44-38(51)26-1-4-29(5-2-26)48-17-15-46(16-18-48)24-25-11-13-47(14-12-25)30-6-8-33-34(21-30)41(54)49(40(33)53)36-9-10-37(50)45-39(36)52/h1-8,21-22,25,28,32,36H,9-20,24H2,(H,44,51)(H,45,50,52)/t28-,32-,36?. The van der Waals surface area contributed by atoms with E-state index in [0.29, 0.717) is 51.8 Å². The van der Waals surface area contributed by atoms with Gasteiger partial charge >= 0.3 is 0 Å². The molecule has 0 aromatic heterocycles. The van der Waals surface area contributed by atoms with Gasteiger partial charge in [0, 0.05) is 94.1 Å². The Morgan fingerprint density at radius 2 is 1.53 bits per heavy atom. The molecule has 3 saturated heterocycles. The SMILES string of the molecule is N#Cc1ccc(O[C@H]2C[C@H](NC(=O)c3ccc(N4CCN(CC5CCN(c6ccc7c(c6)C(=O)N(C6CCC(=O)NC6=O)C7=O)CC5)CC4)cc3)C2)cc1Cl.